The summed E-state index contributed by atoms with van der Waals surface area (Å²) < 4.78 is 0. The first kappa shape index (κ1) is 15.7. The molecule has 3 atom stereocenters. The van der Waals surface area contributed by atoms with Crippen molar-refractivity contribution < 1.29 is 5.11 Å². The number of aliphatic hydroxyl groups is 1. The molecule has 4 heteroatoms. The van der Waals surface area contributed by atoms with Crippen molar-refractivity contribution in [2.75, 3.05) is 6.61 Å². The quantitative estimate of drug-likeness (QED) is 0.919. The van der Waals surface area contributed by atoms with E-state index in [4.69, 9.17) is 0 Å². The summed E-state index contributed by atoms with van der Waals surface area (Å²) in [5, 5.41) is 10.3. The van der Waals surface area contributed by atoms with Crippen molar-refractivity contribution in [3.8, 4) is 0 Å². The van der Waals surface area contributed by atoms with Crippen LogP contribution < -0.4 is 0 Å². The highest BCUT2D eigenvalue weighted by molar-refractivity contribution is 5.21. The predicted molar refractivity (Wildman–Crippen MR) is 93.4 cm³/mol. The molecule has 2 aliphatic heterocycles. The number of hydrogen-bond donors (Lipinski definition) is 1. The summed E-state index contributed by atoms with van der Waals surface area (Å²) in [7, 11) is 0. The van der Waals surface area contributed by atoms with Crippen LogP contribution in [0.25, 0.3) is 0 Å². The van der Waals surface area contributed by atoms with Crippen LogP contribution in [0.2, 0.25) is 0 Å². The van der Waals surface area contributed by atoms with E-state index >= 15 is 0 Å². The van der Waals surface area contributed by atoms with Crippen LogP contribution in [-0.4, -0.2) is 38.7 Å². The Kier molecular flexibility index (Phi) is 4.10. The number of rotatable bonds is 5. The number of aryl methyl sites for hydroxylation is 1. The van der Waals surface area contributed by atoms with E-state index in [1.165, 1.54) is 24.0 Å². The van der Waals surface area contributed by atoms with Gasteiger partial charge in [-0.05, 0) is 38.2 Å². The Bertz CT molecular complexity index is 688. The van der Waals surface area contributed by atoms with Crippen LogP contribution in [0.15, 0.2) is 42.7 Å². The van der Waals surface area contributed by atoms with Gasteiger partial charge in [-0.1, -0.05) is 30.3 Å². The van der Waals surface area contributed by atoms with Crippen molar-refractivity contribution in [1.82, 2.24) is 14.9 Å². The lowest BCUT2D eigenvalue weighted by molar-refractivity contribution is 0.0750. The van der Waals surface area contributed by atoms with E-state index in [0.29, 0.717) is 12.1 Å². The van der Waals surface area contributed by atoms with Gasteiger partial charge < -0.3 is 5.11 Å². The van der Waals surface area contributed by atoms with Gasteiger partial charge in [0.2, 0.25) is 0 Å². The second-order valence-electron chi connectivity index (χ2n) is 7.44. The molecule has 2 fully saturated rings. The third kappa shape index (κ3) is 2.74. The van der Waals surface area contributed by atoms with Gasteiger partial charge in [-0.3, -0.25) is 4.90 Å². The van der Waals surface area contributed by atoms with Gasteiger partial charge in [0.15, 0.2) is 0 Å². The molecular weight excluding hydrogens is 298 g/mol. The number of aliphatic hydroxyl groups excluding tert-OH is 1. The molecule has 2 aliphatic rings. The fourth-order valence-corrected chi connectivity index (χ4v) is 4.79. The zero-order valence-electron chi connectivity index (χ0n) is 14.2. The first-order valence-corrected chi connectivity index (χ1v) is 8.88. The minimum Gasteiger partial charge on any atom is -0.396 e. The van der Waals surface area contributed by atoms with E-state index in [1.54, 1.807) is 0 Å². The van der Waals surface area contributed by atoms with Gasteiger partial charge >= 0.3 is 0 Å². The first-order chi connectivity index (χ1) is 11.7. The fourth-order valence-electron chi connectivity index (χ4n) is 4.79. The molecule has 0 saturated carbocycles. The maximum absolute atomic E-state index is 10.3. The molecule has 0 unspecified atom stereocenters. The number of fused-ring (bicyclic) bond motifs is 2. The van der Waals surface area contributed by atoms with E-state index < -0.39 is 0 Å². The van der Waals surface area contributed by atoms with Crippen LogP contribution in [0.4, 0.5) is 0 Å². The smallest absolute Gasteiger partial charge is 0.125 e. The third-order valence-corrected chi connectivity index (χ3v) is 5.91. The molecule has 3 heterocycles. The number of benzene rings is 1. The molecule has 0 radical (unpaired) electrons. The SMILES string of the molecule is Cc1ncc(CN2[C@H]3CC[C@@H]2[C@@](CO)(Cc2ccccc2)C3)cn1. The summed E-state index contributed by atoms with van der Waals surface area (Å²) in [5.74, 6) is 0.817. The van der Waals surface area contributed by atoms with Crippen LogP contribution in [0.3, 0.4) is 0 Å². The second-order valence-corrected chi connectivity index (χ2v) is 7.44. The van der Waals surface area contributed by atoms with E-state index in [2.05, 4.69) is 45.2 Å². The highest BCUT2D eigenvalue weighted by atomic mass is 16.3. The normalized spacial score (nSPS) is 29.2. The van der Waals surface area contributed by atoms with Gasteiger partial charge in [-0.2, -0.15) is 0 Å². The zero-order chi connectivity index (χ0) is 16.6. The Morgan fingerprint density at radius 3 is 2.58 bits per heavy atom. The predicted octanol–water partition coefficient (Wildman–Crippen LogP) is 2.74. The Balaban J connectivity index is 1.55. The average Bonchev–Trinajstić information content (AvgIpc) is 3.13. The first-order valence-electron chi connectivity index (χ1n) is 8.88. The Morgan fingerprint density at radius 1 is 1.12 bits per heavy atom. The van der Waals surface area contributed by atoms with Gasteiger partial charge in [0, 0.05) is 42.0 Å². The number of nitrogens with zero attached hydrogens (tertiary/aromatic N) is 3. The molecule has 126 valence electrons. The molecule has 0 amide bonds. The molecule has 0 aliphatic carbocycles. The molecule has 4 rings (SSSR count). The minimum atomic E-state index is -0.00414. The molecule has 2 bridgehead atoms. The van der Waals surface area contributed by atoms with Crippen LogP contribution in [0.1, 0.15) is 36.2 Å². The van der Waals surface area contributed by atoms with Crippen molar-refractivity contribution >= 4 is 0 Å². The molecule has 0 spiro atoms. The van der Waals surface area contributed by atoms with Crippen molar-refractivity contribution in [2.24, 2.45) is 5.41 Å². The standard InChI is InChI=1S/C20H25N3O/c1-15-21-11-17(12-22-15)13-23-18-7-8-19(23)20(10-18,14-24)9-16-5-3-2-4-6-16/h2-6,11-12,18-19,24H,7-10,13-14H2,1H3/t18-,19+,20-/m0/s1. The Hall–Kier alpha value is -1.78. The van der Waals surface area contributed by atoms with Crippen LogP contribution in [0, 0.1) is 12.3 Å². The summed E-state index contributed by atoms with van der Waals surface area (Å²) in [6.07, 6.45) is 8.37. The molecule has 4 nitrogen and oxygen atoms in total. The topological polar surface area (TPSA) is 49.2 Å². The highest BCUT2D eigenvalue weighted by Crippen LogP contribution is 2.51. The van der Waals surface area contributed by atoms with Crippen molar-refractivity contribution in [3.63, 3.8) is 0 Å². The van der Waals surface area contributed by atoms with E-state index in [0.717, 1.165) is 25.2 Å². The van der Waals surface area contributed by atoms with E-state index in [-0.39, 0.29) is 12.0 Å². The molecule has 1 aromatic heterocycles. The molecule has 1 N–H and O–H groups in total. The van der Waals surface area contributed by atoms with Crippen LogP contribution in [-0.2, 0) is 13.0 Å². The van der Waals surface area contributed by atoms with Gasteiger partial charge in [0.05, 0.1) is 6.61 Å². The van der Waals surface area contributed by atoms with Crippen molar-refractivity contribution in [2.45, 2.75) is 51.2 Å². The summed E-state index contributed by atoms with van der Waals surface area (Å²) in [5.41, 5.74) is 2.50. The van der Waals surface area contributed by atoms with Gasteiger partial charge in [0.25, 0.3) is 0 Å². The van der Waals surface area contributed by atoms with E-state index in [9.17, 15) is 5.11 Å². The van der Waals surface area contributed by atoms with Crippen molar-refractivity contribution in [1.29, 1.82) is 0 Å². The summed E-state index contributed by atoms with van der Waals surface area (Å²) in [6.45, 7) is 3.08. The number of aromatic nitrogens is 2. The zero-order valence-corrected chi connectivity index (χ0v) is 14.2. The van der Waals surface area contributed by atoms with Crippen LogP contribution in [0.5, 0.6) is 0 Å². The highest BCUT2D eigenvalue weighted by Gasteiger charge is 2.55. The summed E-state index contributed by atoms with van der Waals surface area (Å²) >= 11 is 0. The molecular formula is C20H25N3O. The summed E-state index contributed by atoms with van der Waals surface area (Å²) in [4.78, 5) is 11.2. The maximum atomic E-state index is 10.3. The second kappa shape index (κ2) is 6.26. The Morgan fingerprint density at radius 2 is 1.88 bits per heavy atom. The average molecular weight is 323 g/mol. The Labute approximate surface area is 143 Å². The van der Waals surface area contributed by atoms with Gasteiger partial charge in [-0.15, -0.1) is 0 Å². The molecule has 1 aromatic carbocycles. The van der Waals surface area contributed by atoms with Crippen LogP contribution >= 0.6 is 0 Å². The molecule has 24 heavy (non-hydrogen) atoms. The molecule has 2 aromatic rings. The monoisotopic (exact) mass is 323 g/mol. The molecule has 2 saturated heterocycles. The fraction of sp³-hybridized carbons (Fsp3) is 0.500. The number of hydrogen-bond acceptors (Lipinski definition) is 4. The van der Waals surface area contributed by atoms with E-state index in [1.807, 2.05) is 19.3 Å². The maximum Gasteiger partial charge on any atom is 0.125 e. The lowest BCUT2D eigenvalue weighted by Gasteiger charge is -2.36. The van der Waals surface area contributed by atoms with Gasteiger partial charge in [-0.25, -0.2) is 9.97 Å². The lowest BCUT2D eigenvalue weighted by Crippen LogP contribution is -2.41. The lowest BCUT2D eigenvalue weighted by atomic mass is 9.70. The largest absolute Gasteiger partial charge is 0.396 e. The third-order valence-electron chi connectivity index (χ3n) is 5.91. The van der Waals surface area contributed by atoms with Gasteiger partial charge in [0.1, 0.15) is 5.82 Å². The summed E-state index contributed by atoms with van der Waals surface area (Å²) in [6, 6.07) is 11.6. The minimum absolute atomic E-state index is 0.00414. The van der Waals surface area contributed by atoms with Crippen molar-refractivity contribution in [3.05, 3.63) is 59.7 Å².